The number of benzene rings is 2. The number of fused-ring (bicyclic) bond motifs is 1. The maximum absolute atomic E-state index is 13.2. The molecule has 0 spiro atoms. The van der Waals surface area contributed by atoms with Crippen LogP contribution in [0.4, 0.5) is 0 Å². The van der Waals surface area contributed by atoms with E-state index >= 15 is 0 Å². The summed E-state index contributed by atoms with van der Waals surface area (Å²) < 4.78 is 40.2. The molecule has 8 nitrogen and oxygen atoms in total. The Morgan fingerprint density at radius 1 is 1.15 bits per heavy atom. The van der Waals surface area contributed by atoms with Crippen molar-refractivity contribution in [3.05, 3.63) is 53.6 Å². The Labute approximate surface area is 194 Å². The number of hydrogen-bond donors (Lipinski definition) is 1. The molecule has 0 radical (unpaired) electrons. The van der Waals surface area contributed by atoms with E-state index in [1.54, 1.807) is 31.4 Å². The summed E-state index contributed by atoms with van der Waals surface area (Å²) in [5, 5.41) is 3.07. The Morgan fingerprint density at radius 2 is 1.91 bits per heavy atom. The molecule has 0 aliphatic carbocycles. The van der Waals surface area contributed by atoms with Crippen LogP contribution >= 0.6 is 0 Å². The molecule has 9 heteroatoms. The predicted molar refractivity (Wildman–Crippen MR) is 125 cm³/mol. The molecule has 33 heavy (non-hydrogen) atoms. The Kier molecular flexibility index (Phi) is 6.34. The fourth-order valence-electron chi connectivity index (χ4n) is 4.29. The average molecular weight is 472 g/mol. The largest absolute Gasteiger partial charge is 0.493 e. The van der Waals surface area contributed by atoms with E-state index < -0.39 is 16.1 Å². The number of likely N-dealkylation sites (tertiary alicyclic amines) is 1. The molecule has 2 aromatic rings. The summed E-state index contributed by atoms with van der Waals surface area (Å²) in [6.07, 6.45) is 1.43. The molecule has 0 bridgehead atoms. The number of nitrogens with zero attached hydrogens (tertiary/aromatic N) is 2. The lowest BCUT2D eigenvalue weighted by atomic mass is 10.1. The van der Waals surface area contributed by atoms with Gasteiger partial charge >= 0.3 is 0 Å². The summed E-state index contributed by atoms with van der Waals surface area (Å²) in [4.78, 5) is 15.2. The summed E-state index contributed by atoms with van der Waals surface area (Å²) in [6, 6.07) is 11.6. The van der Waals surface area contributed by atoms with Crippen molar-refractivity contribution in [3.63, 3.8) is 0 Å². The van der Waals surface area contributed by atoms with Crippen LogP contribution in [-0.2, 0) is 14.8 Å². The molecule has 1 N–H and O–H groups in total. The zero-order valence-electron chi connectivity index (χ0n) is 19.2. The number of nitrogens with one attached hydrogen (secondary N) is 1. The number of methoxy groups -OCH3 is 1. The van der Waals surface area contributed by atoms with E-state index in [2.05, 4.69) is 9.71 Å². The first-order valence-electron chi connectivity index (χ1n) is 11.1. The summed E-state index contributed by atoms with van der Waals surface area (Å²) in [7, 11) is -2.16. The van der Waals surface area contributed by atoms with E-state index in [1.807, 2.05) is 43.9 Å². The summed E-state index contributed by atoms with van der Waals surface area (Å²) >= 11 is 0. The van der Waals surface area contributed by atoms with Gasteiger partial charge in [-0.05, 0) is 63.4 Å². The van der Waals surface area contributed by atoms with Crippen LogP contribution in [0.2, 0.25) is 0 Å². The lowest BCUT2D eigenvalue weighted by Crippen LogP contribution is -2.46. The molecule has 0 aromatic heterocycles. The predicted octanol–water partition coefficient (Wildman–Crippen LogP) is 3.27. The molecule has 4 rings (SSSR count). The first-order valence-corrected chi connectivity index (χ1v) is 12.5. The van der Waals surface area contributed by atoms with E-state index in [4.69, 9.17) is 9.47 Å². The normalized spacial score (nSPS) is 19.7. The lowest BCUT2D eigenvalue weighted by Gasteiger charge is -2.27. The van der Waals surface area contributed by atoms with Gasteiger partial charge in [0, 0.05) is 12.1 Å². The van der Waals surface area contributed by atoms with E-state index in [0.29, 0.717) is 35.9 Å². The molecular formula is C24H29N3O5S. The number of sulfonamides is 1. The highest BCUT2D eigenvalue weighted by Gasteiger charge is 2.39. The number of hydrogen-bond acceptors (Lipinski definition) is 6. The van der Waals surface area contributed by atoms with Crippen molar-refractivity contribution in [2.45, 2.75) is 56.7 Å². The summed E-state index contributed by atoms with van der Waals surface area (Å²) in [5.74, 6) is 1.45. The number of carbonyl (C=O) groups is 1. The molecule has 1 saturated heterocycles. The van der Waals surface area contributed by atoms with Crippen LogP contribution in [0.1, 0.15) is 50.8 Å². The van der Waals surface area contributed by atoms with Gasteiger partial charge in [-0.3, -0.25) is 4.79 Å². The molecular weight excluding hydrogens is 442 g/mol. The van der Waals surface area contributed by atoms with Crippen molar-refractivity contribution in [2.24, 2.45) is 4.40 Å². The van der Waals surface area contributed by atoms with Crippen LogP contribution < -0.4 is 14.8 Å². The second kappa shape index (κ2) is 9.05. The second-order valence-corrected chi connectivity index (χ2v) is 10.1. The lowest BCUT2D eigenvalue weighted by molar-refractivity contribution is -0.125. The number of amides is 1. The van der Waals surface area contributed by atoms with Crippen LogP contribution in [0.3, 0.4) is 0 Å². The molecule has 2 aromatic carbocycles. The van der Waals surface area contributed by atoms with Gasteiger partial charge in [0.1, 0.15) is 10.9 Å². The van der Waals surface area contributed by atoms with Crippen LogP contribution in [0.25, 0.3) is 0 Å². The molecule has 2 aliphatic rings. The molecule has 176 valence electrons. The highest BCUT2D eigenvalue weighted by molar-refractivity contribution is 7.90. The Bertz CT molecular complexity index is 1190. The van der Waals surface area contributed by atoms with Crippen molar-refractivity contribution in [3.8, 4) is 11.5 Å². The first-order chi connectivity index (χ1) is 15.7. The van der Waals surface area contributed by atoms with Gasteiger partial charge in [0.2, 0.25) is 5.91 Å². The van der Waals surface area contributed by atoms with Crippen molar-refractivity contribution >= 4 is 21.8 Å². The van der Waals surface area contributed by atoms with Gasteiger partial charge in [0.15, 0.2) is 17.3 Å². The maximum atomic E-state index is 13.2. The van der Waals surface area contributed by atoms with E-state index in [9.17, 15) is 13.2 Å². The maximum Gasteiger partial charge on any atom is 0.285 e. The molecule has 2 heterocycles. The van der Waals surface area contributed by atoms with Crippen molar-refractivity contribution in [1.29, 1.82) is 0 Å². The fraction of sp³-hybridized carbons (Fsp3) is 0.417. The van der Waals surface area contributed by atoms with Gasteiger partial charge in [-0.25, -0.2) is 0 Å². The molecule has 1 unspecified atom stereocenters. The summed E-state index contributed by atoms with van der Waals surface area (Å²) in [6.45, 7) is 6.37. The zero-order valence-corrected chi connectivity index (χ0v) is 20.1. The third-order valence-electron chi connectivity index (χ3n) is 5.85. The number of amidine groups is 1. The highest BCUT2D eigenvalue weighted by Crippen LogP contribution is 2.33. The molecule has 0 saturated carbocycles. The van der Waals surface area contributed by atoms with Crippen LogP contribution in [-0.4, -0.2) is 50.9 Å². The topological polar surface area (TPSA) is 97.3 Å². The van der Waals surface area contributed by atoms with Crippen molar-refractivity contribution < 1.29 is 22.7 Å². The molecule has 2 aliphatic heterocycles. The van der Waals surface area contributed by atoms with Gasteiger partial charge in [0.25, 0.3) is 10.0 Å². The minimum Gasteiger partial charge on any atom is -0.493 e. The number of rotatable bonds is 6. The van der Waals surface area contributed by atoms with Crippen LogP contribution in [0, 0.1) is 0 Å². The van der Waals surface area contributed by atoms with Crippen LogP contribution in [0.15, 0.2) is 51.8 Å². The third kappa shape index (κ3) is 4.55. The molecule has 1 fully saturated rings. The minimum absolute atomic E-state index is 0.0164. The van der Waals surface area contributed by atoms with Gasteiger partial charge < -0.3 is 19.7 Å². The fourth-order valence-corrected chi connectivity index (χ4v) is 5.50. The van der Waals surface area contributed by atoms with Crippen molar-refractivity contribution in [1.82, 2.24) is 10.2 Å². The van der Waals surface area contributed by atoms with E-state index in [1.165, 1.54) is 0 Å². The monoisotopic (exact) mass is 471 g/mol. The Balaban J connectivity index is 1.52. The standard InChI is InChI=1S/C24H29N3O5S/c1-15(2)32-20-12-11-17(14-21(20)31-4)16(3)25-24(28)19-9-7-13-27(19)23-18-8-5-6-10-22(18)33(29,30)26-23/h5-6,8,10-12,14-16,19H,7,9,13H2,1-4H3,(H,25,28)/t16?,19-/m0/s1. The minimum atomic E-state index is -3.74. The zero-order chi connectivity index (χ0) is 23.8. The molecule has 1 amide bonds. The van der Waals surface area contributed by atoms with Crippen molar-refractivity contribution in [2.75, 3.05) is 13.7 Å². The Morgan fingerprint density at radius 3 is 2.64 bits per heavy atom. The van der Waals surface area contributed by atoms with Crippen LogP contribution in [0.5, 0.6) is 11.5 Å². The SMILES string of the molecule is COc1cc(C(C)NC(=O)[C@@H]2CCCN2C2=NS(=O)(=O)c3ccccc32)ccc1OC(C)C. The van der Waals surface area contributed by atoms with Gasteiger partial charge in [0.05, 0.1) is 19.3 Å². The smallest absolute Gasteiger partial charge is 0.285 e. The van der Waals surface area contributed by atoms with Gasteiger partial charge in [-0.2, -0.15) is 8.42 Å². The van der Waals surface area contributed by atoms with E-state index in [-0.39, 0.29) is 22.9 Å². The quantitative estimate of drug-likeness (QED) is 0.695. The van der Waals surface area contributed by atoms with Gasteiger partial charge in [-0.1, -0.05) is 18.2 Å². The Hall–Kier alpha value is -3.07. The average Bonchev–Trinajstić information content (AvgIpc) is 3.36. The third-order valence-corrected chi connectivity index (χ3v) is 7.17. The second-order valence-electron chi connectivity index (χ2n) is 8.54. The van der Waals surface area contributed by atoms with Gasteiger partial charge in [-0.15, -0.1) is 4.40 Å². The summed E-state index contributed by atoms with van der Waals surface area (Å²) in [5.41, 5.74) is 1.43. The van der Waals surface area contributed by atoms with E-state index in [0.717, 1.165) is 12.0 Å². The number of carbonyl (C=O) groups excluding carboxylic acids is 1. The molecule has 2 atom stereocenters. The number of ether oxygens (including phenoxy) is 2. The first kappa shape index (κ1) is 23.1. The highest BCUT2D eigenvalue weighted by atomic mass is 32.2.